The van der Waals surface area contributed by atoms with E-state index in [1.54, 1.807) is 0 Å². The summed E-state index contributed by atoms with van der Waals surface area (Å²) in [4.78, 5) is 12.9. The first-order chi connectivity index (χ1) is 14.9. The first-order valence-corrected chi connectivity index (χ1v) is 18.3. The van der Waals surface area contributed by atoms with Gasteiger partial charge in [-0.15, -0.1) is 0 Å². The summed E-state index contributed by atoms with van der Waals surface area (Å²) in [5, 5.41) is 3.09. The first kappa shape index (κ1) is 31.6. The summed E-state index contributed by atoms with van der Waals surface area (Å²) in [6.07, 6.45) is -1.27. The van der Waals surface area contributed by atoms with Crippen LogP contribution in [0.3, 0.4) is 0 Å². The Morgan fingerprint density at radius 3 is 1.85 bits per heavy atom. The van der Waals surface area contributed by atoms with Gasteiger partial charge in [0.15, 0.2) is 22.4 Å². The van der Waals surface area contributed by atoms with E-state index in [0.717, 1.165) is 0 Å². The highest BCUT2D eigenvalue weighted by molar-refractivity contribution is 6.74. The molecule has 34 heavy (non-hydrogen) atoms. The van der Waals surface area contributed by atoms with E-state index in [2.05, 4.69) is 73.0 Å². The van der Waals surface area contributed by atoms with E-state index in [1.165, 1.54) is 0 Å². The summed E-state index contributed by atoms with van der Waals surface area (Å²) in [5.41, 5.74) is -0.611. The van der Waals surface area contributed by atoms with E-state index < -0.39 is 46.3 Å². The number of hydrogen-bond acceptors (Lipinski definition) is 6. The van der Waals surface area contributed by atoms with Crippen LogP contribution >= 0.6 is 0 Å². The third kappa shape index (κ3) is 9.20. The Morgan fingerprint density at radius 1 is 0.971 bits per heavy atom. The largest absolute Gasteiger partial charge is 0.444 e. The van der Waals surface area contributed by atoms with Gasteiger partial charge in [0.1, 0.15) is 11.7 Å². The second-order valence-electron chi connectivity index (χ2n) is 14.0. The molecule has 1 amide bonds. The standard InChI is InChI=1S/C25H53NO6Si2/c1-22(2,3)31-21(27)26-18(16-29-33(12,13)23(4,5)6)20(19-17-28-25(10,11)30-19)32-34(14,15)24(7,8)9/h18-20H,16-17H2,1-15H3,(H,26,27)/t18-,19+,20+/m1/s1. The van der Waals surface area contributed by atoms with Crippen LogP contribution in [0.25, 0.3) is 0 Å². The van der Waals surface area contributed by atoms with Crippen LogP contribution < -0.4 is 5.32 Å². The fourth-order valence-electron chi connectivity index (χ4n) is 3.00. The van der Waals surface area contributed by atoms with Gasteiger partial charge in [0.05, 0.1) is 25.4 Å². The van der Waals surface area contributed by atoms with E-state index in [9.17, 15) is 4.79 Å². The van der Waals surface area contributed by atoms with Gasteiger partial charge >= 0.3 is 6.09 Å². The Labute approximate surface area is 211 Å². The van der Waals surface area contributed by atoms with Gasteiger partial charge in [-0.05, 0) is 70.9 Å². The molecule has 0 aromatic heterocycles. The molecule has 0 saturated carbocycles. The summed E-state index contributed by atoms with van der Waals surface area (Å²) >= 11 is 0. The van der Waals surface area contributed by atoms with Crippen LogP contribution in [0.1, 0.15) is 76.2 Å². The van der Waals surface area contributed by atoms with E-state index in [4.69, 9.17) is 23.1 Å². The van der Waals surface area contributed by atoms with Crippen molar-refractivity contribution in [2.45, 2.75) is 142 Å². The Bertz CT molecular complexity index is 689. The third-order valence-corrected chi connectivity index (χ3v) is 16.1. The smallest absolute Gasteiger partial charge is 0.408 e. The maximum absolute atomic E-state index is 12.9. The fraction of sp³-hybridized carbons (Fsp3) is 0.960. The first-order valence-electron chi connectivity index (χ1n) is 12.5. The molecule has 1 saturated heterocycles. The molecule has 1 rings (SSSR count). The van der Waals surface area contributed by atoms with Crippen molar-refractivity contribution in [2.75, 3.05) is 13.2 Å². The highest BCUT2D eigenvalue weighted by Gasteiger charge is 2.48. The molecule has 1 fully saturated rings. The molecule has 1 N–H and O–H groups in total. The minimum atomic E-state index is -2.23. The van der Waals surface area contributed by atoms with Gasteiger partial charge < -0.3 is 28.4 Å². The average Bonchev–Trinajstić information content (AvgIpc) is 2.92. The van der Waals surface area contributed by atoms with Crippen molar-refractivity contribution in [3.63, 3.8) is 0 Å². The molecule has 1 aliphatic rings. The predicted octanol–water partition coefficient (Wildman–Crippen LogP) is 6.44. The normalized spacial score (nSPS) is 21.8. The van der Waals surface area contributed by atoms with E-state index >= 15 is 0 Å². The molecule has 0 aromatic rings. The third-order valence-electron chi connectivity index (χ3n) is 7.16. The van der Waals surface area contributed by atoms with Crippen molar-refractivity contribution in [3.8, 4) is 0 Å². The van der Waals surface area contributed by atoms with Gasteiger partial charge in [-0.1, -0.05) is 41.5 Å². The molecular weight excluding hydrogens is 466 g/mol. The van der Waals surface area contributed by atoms with Crippen molar-refractivity contribution < 1.29 is 27.9 Å². The fourth-order valence-corrected chi connectivity index (χ4v) is 5.38. The molecule has 202 valence electrons. The van der Waals surface area contributed by atoms with Gasteiger partial charge in [0.2, 0.25) is 0 Å². The lowest BCUT2D eigenvalue weighted by Crippen LogP contribution is -2.59. The van der Waals surface area contributed by atoms with E-state index in [0.29, 0.717) is 13.2 Å². The zero-order valence-electron chi connectivity index (χ0n) is 24.6. The van der Waals surface area contributed by atoms with Crippen LogP contribution in [0.2, 0.25) is 36.3 Å². The zero-order valence-corrected chi connectivity index (χ0v) is 26.6. The van der Waals surface area contributed by atoms with Crippen LogP contribution in [-0.2, 0) is 23.1 Å². The summed E-state index contributed by atoms with van der Waals surface area (Å²) in [6, 6.07) is -0.458. The molecule has 0 spiro atoms. The molecule has 0 radical (unpaired) electrons. The number of amides is 1. The number of hydrogen-bond donors (Lipinski definition) is 1. The lowest BCUT2D eigenvalue weighted by atomic mass is 10.1. The number of nitrogens with one attached hydrogen (secondary N) is 1. The van der Waals surface area contributed by atoms with E-state index in [-0.39, 0.29) is 16.2 Å². The quantitative estimate of drug-likeness (QED) is 0.372. The van der Waals surface area contributed by atoms with Crippen molar-refractivity contribution in [1.29, 1.82) is 0 Å². The Balaban J connectivity index is 3.36. The molecule has 9 heteroatoms. The number of carbonyl (C=O) groups excluding carboxylic acids is 1. The summed E-state index contributed by atoms with van der Waals surface area (Å²) < 4.78 is 31.3. The molecule has 1 heterocycles. The van der Waals surface area contributed by atoms with Crippen LogP contribution in [0.4, 0.5) is 4.79 Å². The number of ether oxygens (including phenoxy) is 3. The highest BCUT2D eigenvalue weighted by atomic mass is 28.4. The number of carbonyl (C=O) groups is 1. The summed E-state index contributed by atoms with van der Waals surface area (Å²) in [6.45, 7) is 32.1. The molecule has 0 aromatic carbocycles. The molecule has 3 atom stereocenters. The molecule has 7 nitrogen and oxygen atoms in total. The highest BCUT2D eigenvalue weighted by Crippen LogP contribution is 2.40. The minimum absolute atomic E-state index is 0.0169. The second-order valence-corrected chi connectivity index (χ2v) is 23.6. The lowest BCUT2D eigenvalue weighted by molar-refractivity contribution is -0.152. The van der Waals surface area contributed by atoms with Crippen molar-refractivity contribution in [2.24, 2.45) is 0 Å². The van der Waals surface area contributed by atoms with Crippen LogP contribution in [0, 0.1) is 0 Å². The van der Waals surface area contributed by atoms with Crippen LogP contribution in [-0.4, -0.2) is 65.6 Å². The Morgan fingerprint density at radius 2 is 1.47 bits per heavy atom. The second kappa shape index (κ2) is 10.5. The van der Waals surface area contributed by atoms with Crippen molar-refractivity contribution in [1.82, 2.24) is 5.32 Å². The van der Waals surface area contributed by atoms with Crippen LogP contribution in [0.15, 0.2) is 0 Å². The molecular formula is C25H53NO6Si2. The van der Waals surface area contributed by atoms with Crippen molar-refractivity contribution in [3.05, 3.63) is 0 Å². The van der Waals surface area contributed by atoms with E-state index in [1.807, 2.05) is 34.6 Å². The lowest BCUT2D eigenvalue weighted by Gasteiger charge is -2.44. The van der Waals surface area contributed by atoms with Gasteiger partial charge in [-0.3, -0.25) is 0 Å². The SMILES string of the molecule is CC(C)(C)OC(=O)N[C@H](CO[Si](C)(C)C(C)(C)C)[C@H](O[Si](C)(C)C(C)(C)C)[C@@H]1COC(C)(C)O1. The van der Waals surface area contributed by atoms with Gasteiger partial charge in [-0.25, -0.2) is 4.79 Å². The maximum Gasteiger partial charge on any atom is 0.408 e. The maximum atomic E-state index is 12.9. The minimum Gasteiger partial charge on any atom is -0.444 e. The predicted molar refractivity (Wildman–Crippen MR) is 143 cm³/mol. The summed E-state index contributed by atoms with van der Waals surface area (Å²) in [7, 11) is -4.31. The van der Waals surface area contributed by atoms with Gasteiger partial charge in [-0.2, -0.15) is 0 Å². The molecule has 0 aliphatic carbocycles. The Hall–Kier alpha value is -0.456. The molecule has 1 aliphatic heterocycles. The number of alkyl carbamates (subject to hydrolysis) is 1. The monoisotopic (exact) mass is 519 g/mol. The molecule has 0 unspecified atom stereocenters. The average molecular weight is 520 g/mol. The van der Waals surface area contributed by atoms with Gasteiger partial charge in [0.25, 0.3) is 0 Å². The van der Waals surface area contributed by atoms with Gasteiger partial charge in [0, 0.05) is 0 Å². The molecule has 0 bridgehead atoms. The topological polar surface area (TPSA) is 75.3 Å². The summed E-state index contributed by atoms with van der Waals surface area (Å²) in [5.74, 6) is -0.712. The Kier molecular flexibility index (Phi) is 9.75. The zero-order chi connectivity index (χ0) is 27.0. The van der Waals surface area contributed by atoms with Crippen LogP contribution in [0.5, 0.6) is 0 Å². The van der Waals surface area contributed by atoms with Crippen molar-refractivity contribution >= 4 is 22.7 Å². The number of rotatable bonds is 8.